The van der Waals surface area contributed by atoms with Crippen molar-refractivity contribution >= 4 is 0 Å². The number of hydrogen-bond acceptors (Lipinski definition) is 2. The normalized spacial score (nSPS) is 30.5. The monoisotopic (exact) mass is 231 g/mol. The summed E-state index contributed by atoms with van der Waals surface area (Å²) in [6, 6.07) is 6.51. The van der Waals surface area contributed by atoms with Crippen LogP contribution in [0.2, 0.25) is 0 Å². The Hall–Kier alpha value is -1.02. The number of rotatable bonds is 0. The second-order valence-electron chi connectivity index (χ2n) is 6.08. The minimum atomic E-state index is 0.171. The van der Waals surface area contributed by atoms with Gasteiger partial charge in [-0.25, -0.2) is 0 Å². The molecule has 2 nitrogen and oxygen atoms in total. The molecule has 2 aliphatic rings. The Morgan fingerprint density at radius 3 is 3.00 bits per heavy atom. The Bertz CT molecular complexity index is 439. The van der Waals surface area contributed by atoms with Crippen LogP contribution in [-0.2, 0) is 11.8 Å². The lowest BCUT2D eigenvalue weighted by Crippen LogP contribution is -2.53. The summed E-state index contributed by atoms with van der Waals surface area (Å²) in [5, 5.41) is 13.4. The van der Waals surface area contributed by atoms with E-state index in [2.05, 4.69) is 25.2 Å². The van der Waals surface area contributed by atoms with E-state index in [0.29, 0.717) is 17.7 Å². The largest absolute Gasteiger partial charge is 0.508 e. The van der Waals surface area contributed by atoms with Crippen LogP contribution in [0.5, 0.6) is 5.75 Å². The molecule has 0 radical (unpaired) electrons. The maximum Gasteiger partial charge on any atom is 0.115 e. The summed E-state index contributed by atoms with van der Waals surface area (Å²) in [5.41, 5.74) is 2.93. The predicted octanol–water partition coefficient (Wildman–Crippen LogP) is 2.59. The highest BCUT2D eigenvalue weighted by molar-refractivity contribution is 5.43. The second kappa shape index (κ2) is 3.74. The Morgan fingerprint density at radius 2 is 2.18 bits per heavy atom. The molecule has 1 aromatic rings. The molecule has 0 aromatic heterocycles. The highest BCUT2D eigenvalue weighted by Crippen LogP contribution is 2.45. The van der Waals surface area contributed by atoms with E-state index in [4.69, 9.17) is 0 Å². The molecule has 3 rings (SSSR count). The Labute approximate surface area is 103 Å². The number of phenols is 1. The van der Waals surface area contributed by atoms with Crippen LogP contribution in [0, 0.1) is 5.92 Å². The third kappa shape index (κ3) is 1.66. The highest BCUT2D eigenvalue weighted by Gasteiger charge is 2.43. The molecule has 17 heavy (non-hydrogen) atoms. The summed E-state index contributed by atoms with van der Waals surface area (Å²) >= 11 is 0. The van der Waals surface area contributed by atoms with E-state index in [9.17, 15) is 5.11 Å². The number of phenolic OH excluding ortho intramolecular Hbond substituents is 1. The fraction of sp³-hybridized carbons (Fsp3) is 0.600. The van der Waals surface area contributed by atoms with Gasteiger partial charge in [0.15, 0.2) is 0 Å². The molecule has 1 aromatic carbocycles. The van der Waals surface area contributed by atoms with Crippen LogP contribution in [0.4, 0.5) is 0 Å². The van der Waals surface area contributed by atoms with Gasteiger partial charge in [0.2, 0.25) is 0 Å². The molecule has 2 atom stereocenters. The number of fused-ring (bicyclic) bond motifs is 2. The number of hydrogen-bond donors (Lipinski definition) is 2. The summed E-state index contributed by atoms with van der Waals surface area (Å²) in [7, 11) is 0. The average Bonchev–Trinajstić information content (AvgIpc) is 2.31. The first kappa shape index (κ1) is 11.1. The van der Waals surface area contributed by atoms with Gasteiger partial charge in [0, 0.05) is 6.04 Å². The van der Waals surface area contributed by atoms with Crippen molar-refractivity contribution in [3.63, 3.8) is 0 Å². The lowest BCUT2D eigenvalue weighted by atomic mass is 9.61. The zero-order chi connectivity index (χ0) is 12.0. The molecule has 0 saturated carbocycles. The van der Waals surface area contributed by atoms with E-state index in [-0.39, 0.29) is 5.41 Å². The maximum absolute atomic E-state index is 9.70. The minimum absolute atomic E-state index is 0.171. The van der Waals surface area contributed by atoms with Crippen molar-refractivity contribution in [3.8, 4) is 5.75 Å². The average molecular weight is 231 g/mol. The summed E-state index contributed by atoms with van der Waals surface area (Å²) in [5.74, 6) is 1.10. The SMILES string of the molecule is CC1(C)c2cc(O)ccc2C[C@H]2NCCC[C@@H]21. The van der Waals surface area contributed by atoms with E-state index >= 15 is 0 Å². The molecular weight excluding hydrogens is 210 g/mol. The summed E-state index contributed by atoms with van der Waals surface area (Å²) in [6.45, 7) is 5.81. The quantitative estimate of drug-likeness (QED) is 0.719. The van der Waals surface area contributed by atoms with E-state index in [1.165, 1.54) is 24.0 Å². The van der Waals surface area contributed by atoms with E-state index in [0.717, 1.165) is 13.0 Å². The number of piperidine rings is 1. The summed E-state index contributed by atoms with van der Waals surface area (Å²) in [6.07, 6.45) is 3.70. The molecule has 0 amide bonds. The molecular formula is C15H21NO. The van der Waals surface area contributed by atoms with Crippen molar-refractivity contribution in [3.05, 3.63) is 29.3 Å². The van der Waals surface area contributed by atoms with Gasteiger partial charge in [-0.15, -0.1) is 0 Å². The van der Waals surface area contributed by atoms with Crippen molar-refractivity contribution < 1.29 is 5.11 Å². The first-order chi connectivity index (χ1) is 8.09. The molecule has 1 heterocycles. The van der Waals surface area contributed by atoms with Crippen LogP contribution < -0.4 is 5.32 Å². The molecule has 1 saturated heterocycles. The van der Waals surface area contributed by atoms with Crippen molar-refractivity contribution in [1.82, 2.24) is 5.32 Å². The van der Waals surface area contributed by atoms with Gasteiger partial charge in [0.25, 0.3) is 0 Å². The van der Waals surface area contributed by atoms with E-state index in [1.54, 1.807) is 0 Å². The third-order valence-electron chi connectivity index (χ3n) is 4.74. The molecule has 0 unspecified atom stereocenters. The Morgan fingerprint density at radius 1 is 1.35 bits per heavy atom. The zero-order valence-electron chi connectivity index (χ0n) is 10.7. The molecule has 2 N–H and O–H groups in total. The topological polar surface area (TPSA) is 32.3 Å². The van der Waals surface area contributed by atoms with Crippen LogP contribution in [0.3, 0.4) is 0 Å². The van der Waals surface area contributed by atoms with Crippen LogP contribution in [0.25, 0.3) is 0 Å². The number of nitrogens with one attached hydrogen (secondary N) is 1. The molecule has 1 aliphatic carbocycles. The fourth-order valence-electron chi connectivity index (χ4n) is 3.81. The highest BCUT2D eigenvalue weighted by atomic mass is 16.3. The molecule has 2 heteroatoms. The summed E-state index contributed by atoms with van der Waals surface area (Å²) in [4.78, 5) is 0. The van der Waals surface area contributed by atoms with Gasteiger partial charge < -0.3 is 10.4 Å². The smallest absolute Gasteiger partial charge is 0.115 e. The second-order valence-corrected chi connectivity index (χ2v) is 6.08. The zero-order valence-corrected chi connectivity index (χ0v) is 10.7. The van der Waals surface area contributed by atoms with Gasteiger partial charge in [-0.3, -0.25) is 0 Å². The van der Waals surface area contributed by atoms with Gasteiger partial charge in [-0.05, 0) is 60.4 Å². The van der Waals surface area contributed by atoms with Crippen molar-refractivity contribution in [2.75, 3.05) is 6.54 Å². The van der Waals surface area contributed by atoms with E-state index in [1.807, 2.05) is 12.1 Å². The van der Waals surface area contributed by atoms with Gasteiger partial charge in [-0.2, -0.15) is 0 Å². The van der Waals surface area contributed by atoms with Crippen LogP contribution in [0.1, 0.15) is 37.8 Å². The lowest BCUT2D eigenvalue weighted by Gasteiger charge is -2.48. The lowest BCUT2D eigenvalue weighted by molar-refractivity contribution is 0.168. The van der Waals surface area contributed by atoms with Crippen molar-refractivity contribution in [2.24, 2.45) is 5.92 Å². The summed E-state index contributed by atoms with van der Waals surface area (Å²) < 4.78 is 0. The fourth-order valence-corrected chi connectivity index (χ4v) is 3.81. The standard InChI is InChI=1S/C15H21NO/c1-15(2)12-4-3-7-16-14(12)8-10-5-6-11(17)9-13(10)15/h5-6,9,12,14,16-17H,3-4,7-8H2,1-2H3/t12-,14+/m0/s1. The maximum atomic E-state index is 9.70. The van der Waals surface area contributed by atoms with Crippen molar-refractivity contribution in [2.45, 2.75) is 44.6 Å². The molecule has 1 fully saturated rings. The van der Waals surface area contributed by atoms with Gasteiger partial charge in [0.05, 0.1) is 0 Å². The molecule has 0 bridgehead atoms. The first-order valence-electron chi connectivity index (χ1n) is 6.65. The van der Waals surface area contributed by atoms with Crippen LogP contribution >= 0.6 is 0 Å². The molecule has 92 valence electrons. The third-order valence-corrected chi connectivity index (χ3v) is 4.74. The van der Waals surface area contributed by atoms with Gasteiger partial charge in [0.1, 0.15) is 5.75 Å². The van der Waals surface area contributed by atoms with Gasteiger partial charge >= 0.3 is 0 Å². The Balaban J connectivity index is 2.08. The predicted molar refractivity (Wildman–Crippen MR) is 69.4 cm³/mol. The van der Waals surface area contributed by atoms with Crippen LogP contribution in [0.15, 0.2) is 18.2 Å². The Kier molecular flexibility index (Phi) is 2.44. The number of aromatic hydroxyl groups is 1. The van der Waals surface area contributed by atoms with Crippen LogP contribution in [-0.4, -0.2) is 17.7 Å². The first-order valence-corrected chi connectivity index (χ1v) is 6.65. The van der Waals surface area contributed by atoms with E-state index < -0.39 is 0 Å². The van der Waals surface area contributed by atoms with Gasteiger partial charge in [-0.1, -0.05) is 19.9 Å². The minimum Gasteiger partial charge on any atom is -0.508 e. The van der Waals surface area contributed by atoms with Crippen molar-refractivity contribution in [1.29, 1.82) is 0 Å². The number of benzene rings is 1. The molecule has 1 aliphatic heterocycles. The molecule has 0 spiro atoms.